The summed E-state index contributed by atoms with van der Waals surface area (Å²) < 4.78 is 43.6. The van der Waals surface area contributed by atoms with E-state index in [0.29, 0.717) is 34.8 Å². The number of alkyl halides is 3. The number of anilines is 1. The number of carbonyl (C=O) groups is 1. The number of hydrogen-bond acceptors (Lipinski definition) is 3. The second-order valence-corrected chi connectivity index (χ2v) is 6.20. The van der Waals surface area contributed by atoms with Gasteiger partial charge >= 0.3 is 6.18 Å². The molecule has 1 aliphatic carbocycles. The fourth-order valence-corrected chi connectivity index (χ4v) is 2.82. The quantitative estimate of drug-likeness (QED) is 0.684. The summed E-state index contributed by atoms with van der Waals surface area (Å²) in [5.41, 5.74) is 1.66. The molecule has 0 saturated carbocycles. The van der Waals surface area contributed by atoms with Crippen molar-refractivity contribution in [2.45, 2.75) is 12.6 Å². The minimum Gasteiger partial charge on any atom is -0.484 e. The third-order valence-corrected chi connectivity index (χ3v) is 4.07. The van der Waals surface area contributed by atoms with E-state index in [4.69, 9.17) is 16.3 Å². The van der Waals surface area contributed by atoms with E-state index < -0.39 is 12.8 Å². The van der Waals surface area contributed by atoms with Crippen LogP contribution in [0.4, 0.5) is 19.0 Å². The molecular weight excluding hydrogens is 395 g/mol. The molecule has 9 heteroatoms. The highest BCUT2D eigenvalue weighted by molar-refractivity contribution is 6.36. The van der Waals surface area contributed by atoms with Crippen LogP contribution >= 0.6 is 11.6 Å². The van der Waals surface area contributed by atoms with Crippen LogP contribution in [-0.2, 0) is 4.79 Å². The second kappa shape index (κ2) is 8.35. The van der Waals surface area contributed by atoms with Crippen LogP contribution in [0.15, 0.2) is 59.7 Å². The Bertz CT molecular complexity index is 962. The third kappa shape index (κ3) is 4.83. The SMILES string of the molecule is O=CNc1cc(-c2cccc(OCC(F)(F)F)c2)n(C2=CCC=CC=C2Cl)n1. The number of ether oxygens (including phenoxy) is 1. The van der Waals surface area contributed by atoms with Gasteiger partial charge in [0, 0.05) is 11.6 Å². The van der Waals surface area contributed by atoms with Crippen molar-refractivity contribution in [1.29, 1.82) is 0 Å². The molecule has 1 heterocycles. The van der Waals surface area contributed by atoms with Crippen LogP contribution in [0.5, 0.6) is 5.75 Å². The highest BCUT2D eigenvalue weighted by Gasteiger charge is 2.28. The Kier molecular flexibility index (Phi) is 5.89. The van der Waals surface area contributed by atoms with Crippen molar-refractivity contribution in [3.8, 4) is 17.0 Å². The van der Waals surface area contributed by atoms with Crippen LogP contribution in [0.1, 0.15) is 6.42 Å². The molecule has 0 bridgehead atoms. The summed E-state index contributed by atoms with van der Waals surface area (Å²) in [5, 5.41) is 7.24. The highest BCUT2D eigenvalue weighted by atomic mass is 35.5. The number of nitrogens with zero attached hydrogens (tertiary/aromatic N) is 2. The Hall–Kier alpha value is -3.00. The van der Waals surface area contributed by atoms with Crippen LogP contribution in [0.25, 0.3) is 17.0 Å². The lowest BCUT2D eigenvalue weighted by atomic mass is 10.1. The lowest BCUT2D eigenvalue weighted by molar-refractivity contribution is -0.153. The Labute approximate surface area is 163 Å². The van der Waals surface area contributed by atoms with Gasteiger partial charge in [0.15, 0.2) is 12.4 Å². The number of nitrogens with one attached hydrogen (secondary N) is 1. The molecule has 0 atom stereocenters. The average molecular weight is 410 g/mol. The number of aromatic nitrogens is 2. The molecule has 2 aromatic rings. The predicted molar refractivity (Wildman–Crippen MR) is 101 cm³/mol. The minimum absolute atomic E-state index is 0.0608. The van der Waals surface area contributed by atoms with Gasteiger partial charge in [-0.05, 0) is 24.6 Å². The molecule has 0 unspecified atom stereocenters. The molecule has 1 aromatic heterocycles. The Balaban J connectivity index is 2.02. The zero-order valence-electron chi connectivity index (χ0n) is 14.4. The fraction of sp³-hybridized carbons (Fsp3) is 0.158. The topological polar surface area (TPSA) is 56.1 Å². The molecule has 0 aliphatic heterocycles. The van der Waals surface area contributed by atoms with Crippen LogP contribution in [-0.4, -0.2) is 29.0 Å². The maximum Gasteiger partial charge on any atom is 0.422 e. The van der Waals surface area contributed by atoms with Gasteiger partial charge in [-0.2, -0.15) is 13.2 Å². The molecule has 1 N–H and O–H groups in total. The molecule has 1 aromatic carbocycles. The summed E-state index contributed by atoms with van der Waals surface area (Å²) in [6, 6.07) is 7.78. The normalized spacial score (nSPS) is 14.1. The van der Waals surface area contributed by atoms with E-state index in [0.717, 1.165) is 0 Å². The average Bonchev–Trinajstić information content (AvgIpc) is 2.94. The largest absolute Gasteiger partial charge is 0.484 e. The molecule has 146 valence electrons. The van der Waals surface area contributed by atoms with Crippen LogP contribution in [0.3, 0.4) is 0 Å². The molecule has 5 nitrogen and oxygen atoms in total. The first kappa shape index (κ1) is 19.8. The van der Waals surface area contributed by atoms with Gasteiger partial charge in [0.2, 0.25) is 6.41 Å². The van der Waals surface area contributed by atoms with Gasteiger partial charge in [-0.25, -0.2) is 4.68 Å². The van der Waals surface area contributed by atoms with Crippen molar-refractivity contribution in [1.82, 2.24) is 9.78 Å². The van der Waals surface area contributed by atoms with Gasteiger partial charge in [0.25, 0.3) is 0 Å². The van der Waals surface area contributed by atoms with Crippen molar-refractivity contribution in [2.75, 3.05) is 11.9 Å². The molecule has 1 aliphatic rings. The zero-order valence-corrected chi connectivity index (χ0v) is 15.2. The molecule has 1 amide bonds. The van der Waals surface area contributed by atoms with Crippen molar-refractivity contribution < 1.29 is 22.7 Å². The summed E-state index contributed by atoms with van der Waals surface area (Å²) in [5.74, 6) is 0.333. The highest BCUT2D eigenvalue weighted by Crippen LogP contribution is 2.32. The van der Waals surface area contributed by atoms with E-state index in [1.165, 1.54) is 16.8 Å². The molecule has 0 radical (unpaired) electrons. The van der Waals surface area contributed by atoms with E-state index in [2.05, 4.69) is 10.4 Å². The van der Waals surface area contributed by atoms with Crippen molar-refractivity contribution in [3.63, 3.8) is 0 Å². The van der Waals surface area contributed by atoms with E-state index in [9.17, 15) is 18.0 Å². The van der Waals surface area contributed by atoms with Crippen molar-refractivity contribution >= 4 is 29.5 Å². The number of allylic oxidation sites excluding steroid dienone is 6. The number of amides is 1. The van der Waals surface area contributed by atoms with E-state index >= 15 is 0 Å². The smallest absolute Gasteiger partial charge is 0.422 e. The Morgan fingerprint density at radius 1 is 1.32 bits per heavy atom. The molecule has 0 fully saturated rings. The summed E-state index contributed by atoms with van der Waals surface area (Å²) >= 11 is 6.34. The number of halogens is 4. The van der Waals surface area contributed by atoms with Crippen molar-refractivity contribution in [3.05, 3.63) is 59.7 Å². The van der Waals surface area contributed by atoms with Crippen LogP contribution in [0, 0.1) is 0 Å². The van der Waals surface area contributed by atoms with Gasteiger partial charge in [0.05, 0.1) is 16.4 Å². The van der Waals surface area contributed by atoms with E-state index in [-0.39, 0.29) is 11.6 Å². The van der Waals surface area contributed by atoms with Crippen molar-refractivity contribution in [2.24, 2.45) is 0 Å². The van der Waals surface area contributed by atoms with Crippen LogP contribution < -0.4 is 10.1 Å². The second-order valence-electron chi connectivity index (χ2n) is 5.79. The maximum atomic E-state index is 12.4. The van der Waals surface area contributed by atoms with E-state index in [1.807, 2.05) is 18.2 Å². The molecule has 0 saturated heterocycles. The van der Waals surface area contributed by atoms with Gasteiger partial charge in [-0.1, -0.05) is 42.0 Å². The third-order valence-electron chi connectivity index (χ3n) is 3.75. The first-order valence-corrected chi connectivity index (χ1v) is 8.58. The van der Waals surface area contributed by atoms with Gasteiger partial charge in [0.1, 0.15) is 5.75 Å². The monoisotopic (exact) mass is 409 g/mol. The molecule has 3 rings (SSSR count). The maximum absolute atomic E-state index is 12.4. The molecular formula is C19H15ClF3N3O2. The molecule has 28 heavy (non-hydrogen) atoms. The standard InChI is InChI=1S/C19H15ClF3N3O2/c20-15-7-2-1-3-8-16(15)26-17(10-18(25-26)24-12-27)13-5-4-6-14(9-13)28-11-19(21,22)23/h1-2,4-10,12H,3,11H2,(H,24,25,27). The molecule has 0 spiro atoms. The lowest BCUT2D eigenvalue weighted by Gasteiger charge is -2.13. The minimum atomic E-state index is -4.44. The Morgan fingerprint density at radius 3 is 2.89 bits per heavy atom. The van der Waals surface area contributed by atoms with Gasteiger partial charge in [-0.15, -0.1) is 5.10 Å². The first-order valence-electron chi connectivity index (χ1n) is 8.21. The lowest BCUT2D eigenvalue weighted by Crippen LogP contribution is -2.19. The summed E-state index contributed by atoms with van der Waals surface area (Å²) in [4.78, 5) is 10.8. The summed E-state index contributed by atoms with van der Waals surface area (Å²) in [7, 11) is 0. The Morgan fingerprint density at radius 2 is 2.14 bits per heavy atom. The summed E-state index contributed by atoms with van der Waals surface area (Å²) in [6.45, 7) is -1.39. The summed E-state index contributed by atoms with van der Waals surface area (Å²) in [6.07, 6.45) is 3.95. The zero-order chi connectivity index (χ0) is 20.1. The van der Waals surface area contributed by atoms with E-state index in [1.54, 1.807) is 24.3 Å². The number of carbonyl (C=O) groups excluding carboxylic acids is 1. The fourth-order valence-electron chi connectivity index (χ4n) is 2.59. The number of benzene rings is 1. The van der Waals surface area contributed by atoms with Gasteiger partial charge < -0.3 is 10.1 Å². The predicted octanol–water partition coefficient (Wildman–Crippen LogP) is 4.98. The van der Waals surface area contributed by atoms with Gasteiger partial charge in [-0.3, -0.25) is 4.79 Å². The number of hydrogen-bond donors (Lipinski definition) is 1. The number of rotatable bonds is 6. The van der Waals surface area contributed by atoms with Crippen LogP contribution in [0.2, 0.25) is 0 Å². The first-order chi connectivity index (χ1) is 13.4.